The minimum absolute atomic E-state index is 0.00352. The van der Waals surface area contributed by atoms with E-state index in [1.165, 1.54) is 43.4 Å². The predicted octanol–water partition coefficient (Wildman–Crippen LogP) is 5.68. The smallest absolute Gasteiger partial charge is 0.253 e. The molecule has 1 aromatic heterocycles. The van der Waals surface area contributed by atoms with Gasteiger partial charge in [-0.3, -0.25) is 9.48 Å². The Balaban J connectivity index is 1.50. The molecule has 1 N–H and O–H groups in total. The van der Waals surface area contributed by atoms with Crippen molar-refractivity contribution in [1.29, 1.82) is 0 Å². The number of rotatable bonds is 5. The van der Waals surface area contributed by atoms with Crippen molar-refractivity contribution in [1.82, 2.24) is 15.1 Å². The number of nitrogens with one attached hydrogen (secondary N) is 1. The van der Waals surface area contributed by atoms with Crippen LogP contribution in [0.4, 0.5) is 5.69 Å². The normalized spacial score (nSPS) is 17.4. The molecule has 0 radical (unpaired) electrons. The zero-order valence-electron chi connectivity index (χ0n) is 20.3. The quantitative estimate of drug-likeness (QED) is 0.505. The lowest BCUT2D eigenvalue weighted by atomic mass is 9.95. The van der Waals surface area contributed by atoms with Gasteiger partial charge in [0.15, 0.2) is 0 Å². The van der Waals surface area contributed by atoms with E-state index >= 15 is 0 Å². The van der Waals surface area contributed by atoms with E-state index in [-0.39, 0.29) is 18.0 Å². The van der Waals surface area contributed by atoms with Gasteiger partial charge in [-0.1, -0.05) is 37.3 Å². The van der Waals surface area contributed by atoms with Crippen molar-refractivity contribution in [3.63, 3.8) is 0 Å². The number of hydrogen-bond acceptors (Lipinski definition) is 3. The number of hydrogen-bond donors (Lipinski definition) is 1. The standard InChI is InChI=1S/C29H34N4O/c1-3-9-23-14-17-26(29(34)31-24-10-5-4-6-11-24)28-27(23)20-30-33(28)21(2)22-12-15-25(16-13-22)32-18-7-8-19-32/h12-17,20-21,24H,4-8,10-11,18-19H2,1-2H3,(H,31,34)/t21-/m1/s1. The molecule has 2 aromatic carbocycles. The van der Waals surface area contributed by atoms with Crippen molar-refractivity contribution in [2.24, 2.45) is 0 Å². The first kappa shape index (κ1) is 22.5. The summed E-state index contributed by atoms with van der Waals surface area (Å²) in [5, 5.41) is 8.99. The third-order valence-electron chi connectivity index (χ3n) is 7.42. The van der Waals surface area contributed by atoms with Crippen LogP contribution in [0.1, 0.15) is 86.3 Å². The van der Waals surface area contributed by atoms with E-state index in [4.69, 9.17) is 5.10 Å². The Morgan fingerprint density at radius 3 is 2.47 bits per heavy atom. The molecular weight excluding hydrogens is 420 g/mol. The molecule has 5 rings (SSSR count). The van der Waals surface area contributed by atoms with E-state index in [0.29, 0.717) is 5.56 Å². The zero-order valence-corrected chi connectivity index (χ0v) is 20.3. The van der Waals surface area contributed by atoms with Gasteiger partial charge in [0.05, 0.1) is 23.3 Å². The van der Waals surface area contributed by atoms with Crippen LogP contribution in [0.2, 0.25) is 0 Å². The molecular formula is C29H34N4O. The number of fused-ring (bicyclic) bond motifs is 1. The summed E-state index contributed by atoms with van der Waals surface area (Å²) in [5.74, 6) is 6.18. The molecule has 2 heterocycles. The first-order valence-electron chi connectivity index (χ1n) is 12.7. The Morgan fingerprint density at radius 1 is 1.03 bits per heavy atom. The van der Waals surface area contributed by atoms with Crippen LogP contribution >= 0.6 is 0 Å². The molecule has 1 aliphatic heterocycles. The molecule has 3 aromatic rings. The van der Waals surface area contributed by atoms with Gasteiger partial charge in [-0.25, -0.2) is 0 Å². The van der Waals surface area contributed by atoms with Crippen LogP contribution in [0, 0.1) is 11.8 Å². The number of nitrogens with zero attached hydrogens (tertiary/aromatic N) is 3. The number of carbonyl (C=O) groups excluding carboxylic acids is 1. The molecule has 1 saturated heterocycles. The van der Waals surface area contributed by atoms with Crippen LogP contribution in [0.5, 0.6) is 0 Å². The Hall–Kier alpha value is -3.26. The van der Waals surface area contributed by atoms with E-state index in [1.807, 2.05) is 29.9 Å². The fourth-order valence-electron chi connectivity index (χ4n) is 5.47. The summed E-state index contributed by atoms with van der Waals surface area (Å²) in [7, 11) is 0. The van der Waals surface area contributed by atoms with Gasteiger partial charge in [-0.2, -0.15) is 5.10 Å². The maximum Gasteiger partial charge on any atom is 0.253 e. The van der Waals surface area contributed by atoms with Gasteiger partial charge >= 0.3 is 0 Å². The molecule has 0 bridgehead atoms. The minimum atomic E-state index is -0.00811. The summed E-state index contributed by atoms with van der Waals surface area (Å²) in [6.07, 6.45) is 10.2. The average molecular weight is 455 g/mol. The maximum absolute atomic E-state index is 13.4. The van der Waals surface area contributed by atoms with Gasteiger partial charge in [0.1, 0.15) is 0 Å². The summed E-state index contributed by atoms with van der Waals surface area (Å²) in [5.41, 5.74) is 4.92. The second-order valence-corrected chi connectivity index (χ2v) is 9.66. The largest absolute Gasteiger partial charge is 0.372 e. The summed E-state index contributed by atoms with van der Waals surface area (Å²) in [6, 6.07) is 13.0. The van der Waals surface area contributed by atoms with Crippen LogP contribution in [0.25, 0.3) is 10.9 Å². The number of anilines is 1. The summed E-state index contributed by atoms with van der Waals surface area (Å²) in [6.45, 7) is 6.27. The highest BCUT2D eigenvalue weighted by Crippen LogP contribution is 2.30. The van der Waals surface area contributed by atoms with Gasteiger partial charge in [-0.15, -0.1) is 5.92 Å². The van der Waals surface area contributed by atoms with E-state index < -0.39 is 0 Å². The van der Waals surface area contributed by atoms with Crippen molar-refractivity contribution >= 4 is 22.5 Å². The van der Waals surface area contributed by atoms with Gasteiger partial charge in [0, 0.05) is 35.8 Å². The van der Waals surface area contributed by atoms with Crippen LogP contribution < -0.4 is 10.2 Å². The first-order chi connectivity index (χ1) is 16.7. The third-order valence-corrected chi connectivity index (χ3v) is 7.42. The van der Waals surface area contributed by atoms with Crippen molar-refractivity contribution in [2.75, 3.05) is 18.0 Å². The zero-order chi connectivity index (χ0) is 23.5. The molecule has 5 nitrogen and oxygen atoms in total. The van der Waals surface area contributed by atoms with E-state index in [1.54, 1.807) is 0 Å². The monoisotopic (exact) mass is 454 g/mol. The van der Waals surface area contributed by atoms with Gasteiger partial charge in [-0.05, 0) is 69.4 Å². The Kier molecular flexibility index (Phi) is 6.58. The topological polar surface area (TPSA) is 50.2 Å². The molecule has 5 heteroatoms. The molecule has 1 amide bonds. The van der Waals surface area contributed by atoms with Gasteiger partial charge in [0.25, 0.3) is 5.91 Å². The second kappa shape index (κ2) is 9.93. The summed E-state index contributed by atoms with van der Waals surface area (Å²) < 4.78 is 2.00. The minimum Gasteiger partial charge on any atom is -0.372 e. The number of carbonyl (C=O) groups is 1. The molecule has 1 aliphatic carbocycles. The lowest BCUT2D eigenvalue weighted by molar-refractivity contribution is 0.0929. The van der Waals surface area contributed by atoms with Crippen molar-refractivity contribution in [3.05, 3.63) is 59.3 Å². The lowest BCUT2D eigenvalue weighted by Gasteiger charge is -2.23. The fraction of sp³-hybridized carbons (Fsp3) is 0.448. The van der Waals surface area contributed by atoms with Crippen LogP contribution in [-0.4, -0.2) is 34.8 Å². The van der Waals surface area contributed by atoms with Crippen molar-refractivity contribution in [2.45, 2.75) is 70.9 Å². The number of benzene rings is 2. The van der Waals surface area contributed by atoms with E-state index in [0.717, 1.165) is 42.4 Å². The molecule has 1 atom stereocenters. The van der Waals surface area contributed by atoms with Crippen molar-refractivity contribution in [3.8, 4) is 11.8 Å². The Morgan fingerprint density at radius 2 is 1.76 bits per heavy atom. The molecule has 2 aliphatic rings. The third kappa shape index (κ3) is 4.42. The highest BCUT2D eigenvalue weighted by molar-refractivity contribution is 6.07. The highest BCUT2D eigenvalue weighted by Gasteiger charge is 2.23. The SMILES string of the molecule is CC#Cc1ccc(C(=O)NC2CCCCC2)c2c1cnn2[C@H](C)c1ccc(N2CCCC2)cc1. The Labute approximate surface area is 202 Å². The van der Waals surface area contributed by atoms with Gasteiger partial charge in [0.2, 0.25) is 0 Å². The molecule has 0 unspecified atom stereocenters. The average Bonchev–Trinajstić information content (AvgIpc) is 3.56. The van der Waals surface area contributed by atoms with Crippen LogP contribution in [0.15, 0.2) is 42.6 Å². The van der Waals surface area contributed by atoms with E-state index in [2.05, 4.69) is 53.2 Å². The maximum atomic E-state index is 13.4. The van der Waals surface area contributed by atoms with Crippen molar-refractivity contribution < 1.29 is 4.79 Å². The highest BCUT2D eigenvalue weighted by atomic mass is 16.1. The predicted molar refractivity (Wildman–Crippen MR) is 138 cm³/mol. The lowest BCUT2D eigenvalue weighted by Crippen LogP contribution is -2.36. The molecule has 2 fully saturated rings. The molecule has 0 spiro atoms. The molecule has 176 valence electrons. The second-order valence-electron chi connectivity index (χ2n) is 9.66. The molecule has 1 saturated carbocycles. The number of aromatic nitrogens is 2. The summed E-state index contributed by atoms with van der Waals surface area (Å²) >= 11 is 0. The summed E-state index contributed by atoms with van der Waals surface area (Å²) in [4.78, 5) is 15.8. The fourth-order valence-corrected chi connectivity index (χ4v) is 5.47. The first-order valence-corrected chi connectivity index (χ1v) is 12.7. The Bertz CT molecular complexity index is 1220. The van der Waals surface area contributed by atoms with Crippen LogP contribution in [-0.2, 0) is 0 Å². The van der Waals surface area contributed by atoms with Crippen LogP contribution in [0.3, 0.4) is 0 Å². The van der Waals surface area contributed by atoms with Gasteiger partial charge < -0.3 is 10.2 Å². The number of amides is 1. The van der Waals surface area contributed by atoms with E-state index in [9.17, 15) is 4.79 Å². The molecule has 34 heavy (non-hydrogen) atoms.